The fourth-order valence-corrected chi connectivity index (χ4v) is 4.17. The summed E-state index contributed by atoms with van der Waals surface area (Å²) in [5, 5.41) is 13.1. The molecule has 170 valence electrons. The highest BCUT2D eigenvalue weighted by molar-refractivity contribution is 4.98. The van der Waals surface area contributed by atoms with E-state index in [1.165, 1.54) is 0 Å². The lowest BCUT2D eigenvalue weighted by molar-refractivity contribution is -0.301. The smallest absolute Gasteiger partial charge is 0.377 e. The Morgan fingerprint density at radius 3 is 2.28 bits per heavy atom. The molecule has 0 radical (unpaired) electrons. The molecule has 3 heterocycles. The Hall–Kier alpha value is -0.660. The standard InChI is InChI=1S/C17H27F6N3O3/c1-9-5-3-2-4-8-15(27,17(21,22)23)14-26-25-13(29-14)11-7-6-10(16(18,19)20)12(24-11)28-9/h9-14,24-27H,2-8H2,1H3/t9-,10?,11?,12?,13?,14?,15?/m1/s1. The summed E-state index contributed by atoms with van der Waals surface area (Å²) in [4.78, 5) is 0. The van der Waals surface area contributed by atoms with Gasteiger partial charge in [-0.25, -0.2) is 10.9 Å². The fraction of sp³-hybridized carbons (Fsp3) is 1.00. The Labute approximate surface area is 164 Å². The van der Waals surface area contributed by atoms with Crippen molar-refractivity contribution in [1.82, 2.24) is 16.2 Å². The highest BCUT2D eigenvalue weighted by Gasteiger charge is 2.61. The molecule has 6 nitrogen and oxygen atoms in total. The van der Waals surface area contributed by atoms with Gasteiger partial charge in [-0.1, -0.05) is 19.3 Å². The number of hydrogen-bond donors (Lipinski definition) is 4. The first-order chi connectivity index (χ1) is 13.4. The molecule has 6 unspecified atom stereocenters. The number of piperidine rings is 1. The number of halogens is 6. The molecule has 3 rings (SSSR count). The van der Waals surface area contributed by atoms with E-state index in [0.717, 1.165) is 0 Å². The summed E-state index contributed by atoms with van der Waals surface area (Å²) in [6, 6.07) is -0.719. The van der Waals surface area contributed by atoms with Crippen LogP contribution >= 0.6 is 0 Å². The number of hydrazine groups is 1. The van der Waals surface area contributed by atoms with E-state index in [1.807, 2.05) is 0 Å². The number of alkyl halides is 6. The first kappa shape index (κ1) is 23.0. The predicted octanol–water partition coefficient (Wildman–Crippen LogP) is 2.68. The minimum Gasteiger partial charge on any atom is -0.377 e. The number of hydrogen-bond acceptors (Lipinski definition) is 6. The topological polar surface area (TPSA) is 74.8 Å². The lowest BCUT2D eigenvalue weighted by atomic mass is 9.90. The first-order valence-electron chi connectivity index (χ1n) is 9.85. The van der Waals surface area contributed by atoms with E-state index < -0.39 is 61.1 Å². The molecule has 0 saturated carbocycles. The fourth-order valence-electron chi connectivity index (χ4n) is 4.17. The molecule has 3 saturated heterocycles. The summed E-state index contributed by atoms with van der Waals surface area (Å²) in [7, 11) is 0. The number of fused-ring (bicyclic) bond motifs is 5. The van der Waals surface area contributed by atoms with Gasteiger partial charge >= 0.3 is 12.4 Å². The van der Waals surface area contributed by atoms with Crippen molar-refractivity contribution in [3.8, 4) is 0 Å². The highest BCUT2D eigenvalue weighted by Crippen LogP contribution is 2.41. The third-order valence-electron chi connectivity index (χ3n) is 5.93. The SMILES string of the molecule is C[C@@H]1CCCCCC(O)(C(F)(F)F)C2NNC(O2)C2CCC(C(F)(F)F)C(N2)O1. The quantitative estimate of drug-likeness (QED) is 0.439. The second kappa shape index (κ2) is 8.46. The number of ether oxygens (including phenoxy) is 2. The summed E-state index contributed by atoms with van der Waals surface area (Å²) in [6.07, 6.45) is -13.4. The molecule has 7 atom stereocenters. The zero-order valence-electron chi connectivity index (χ0n) is 15.9. The van der Waals surface area contributed by atoms with Gasteiger partial charge in [-0.3, -0.25) is 5.32 Å². The van der Waals surface area contributed by atoms with E-state index in [1.54, 1.807) is 6.92 Å². The normalized spacial score (nSPS) is 43.0. The molecule has 29 heavy (non-hydrogen) atoms. The summed E-state index contributed by atoms with van der Waals surface area (Å²) in [5.74, 6) is -1.72. The van der Waals surface area contributed by atoms with Crippen LogP contribution in [0.3, 0.4) is 0 Å². The van der Waals surface area contributed by atoms with Gasteiger partial charge in [0.1, 0.15) is 12.5 Å². The summed E-state index contributed by atoms with van der Waals surface area (Å²) in [5.41, 5.74) is 1.77. The van der Waals surface area contributed by atoms with Gasteiger partial charge in [-0.05, 0) is 32.6 Å². The average Bonchev–Trinajstić information content (AvgIpc) is 3.09. The second-order valence-electron chi connectivity index (χ2n) is 8.11. The summed E-state index contributed by atoms with van der Waals surface area (Å²) >= 11 is 0. The van der Waals surface area contributed by atoms with Crippen LogP contribution in [-0.4, -0.2) is 53.9 Å². The van der Waals surface area contributed by atoms with Crippen molar-refractivity contribution in [2.24, 2.45) is 5.92 Å². The van der Waals surface area contributed by atoms with Crippen LogP contribution in [0.1, 0.15) is 51.9 Å². The molecule has 3 aliphatic heterocycles. The van der Waals surface area contributed by atoms with E-state index in [-0.39, 0.29) is 19.3 Å². The molecule has 3 fully saturated rings. The molecule has 0 aromatic rings. The Balaban J connectivity index is 1.82. The van der Waals surface area contributed by atoms with Crippen LogP contribution in [0.2, 0.25) is 0 Å². The lowest BCUT2D eigenvalue weighted by Gasteiger charge is -2.41. The molecule has 3 aliphatic rings. The number of rotatable bonds is 0. The minimum absolute atomic E-state index is 0.0227. The Kier molecular flexibility index (Phi) is 6.72. The van der Waals surface area contributed by atoms with Crippen molar-refractivity contribution < 1.29 is 40.9 Å². The van der Waals surface area contributed by atoms with Gasteiger partial charge in [0.25, 0.3) is 0 Å². The zero-order chi connectivity index (χ0) is 21.4. The van der Waals surface area contributed by atoms with Crippen molar-refractivity contribution in [3.05, 3.63) is 0 Å². The van der Waals surface area contributed by atoms with E-state index in [2.05, 4.69) is 16.2 Å². The molecule has 12 heteroatoms. The van der Waals surface area contributed by atoms with Crippen LogP contribution in [0.4, 0.5) is 26.3 Å². The Bertz CT molecular complexity index is 564. The van der Waals surface area contributed by atoms with E-state index in [9.17, 15) is 31.4 Å². The van der Waals surface area contributed by atoms with Gasteiger partial charge in [0.15, 0.2) is 6.23 Å². The molecule has 0 aromatic heterocycles. The largest absolute Gasteiger partial charge is 0.421 e. The van der Waals surface area contributed by atoms with Gasteiger partial charge in [-0.2, -0.15) is 26.3 Å². The Morgan fingerprint density at radius 1 is 0.897 bits per heavy atom. The van der Waals surface area contributed by atoms with Crippen molar-refractivity contribution in [1.29, 1.82) is 0 Å². The van der Waals surface area contributed by atoms with Crippen LogP contribution in [0.5, 0.6) is 0 Å². The number of nitrogens with one attached hydrogen (secondary N) is 3. The van der Waals surface area contributed by atoms with Gasteiger partial charge in [-0.15, -0.1) is 0 Å². The highest BCUT2D eigenvalue weighted by atomic mass is 19.4. The predicted molar refractivity (Wildman–Crippen MR) is 89.1 cm³/mol. The van der Waals surface area contributed by atoms with Crippen LogP contribution in [0.15, 0.2) is 0 Å². The third kappa shape index (κ3) is 4.99. The van der Waals surface area contributed by atoms with Crippen molar-refractivity contribution >= 4 is 0 Å². The van der Waals surface area contributed by atoms with Gasteiger partial charge in [0.2, 0.25) is 5.60 Å². The third-order valence-corrected chi connectivity index (χ3v) is 5.93. The van der Waals surface area contributed by atoms with Crippen LogP contribution in [0, 0.1) is 5.92 Å². The maximum Gasteiger partial charge on any atom is 0.421 e. The first-order valence-corrected chi connectivity index (χ1v) is 9.85. The Morgan fingerprint density at radius 2 is 1.62 bits per heavy atom. The van der Waals surface area contributed by atoms with Crippen molar-refractivity contribution in [2.45, 2.75) is 101 Å². The van der Waals surface area contributed by atoms with Crippen LogP contribution in [0.25, 0.3) is 0 Å². The van der Waals surface area contributed by atoms with Gasteiger partial charge in [0.05, 0.1) is 18.1 Å². The van der Waals surface area contributed by atoms with E-state index in [0.29, 0.717) is 19.3 Å². The molecule has 4 bridgehead atoms. The molecule has 4 N–H and O–H groups in total. The molecular formula is C17H27F6N3O3. The zero-order valence-corrected chi connectivity index (χ0v) is 15.9. The molecule has 0 aliphatic carbocycles. The maximum absolute atomic E-state index is 13.6. The molecule has 0 aromatic carbocycles. The molecule has 0 amide bonds. The number of aliphatic hydroxyl groups is 1. The lowest BCUT2D eigenvalue weighted by Crippen LogP contribution is -2.59. The average molecular weight is 435 g/mol. The van der Waals surface area contributed by atoms with Gasteiger partial charge in [0, 0.05) is 0 Å². The second-order valence-corrected chi connectivity index (χ2v) is 8.11. The van der Waals surface area contributed by atoms with Crippen molar-refractivity contribution in [3.63, 3.8) is 0 Å². The van der Waals surface area contributed by atoms with Crippen LogP contribution in [-0.2, 0) is 9.47 Å². The molecule has 0 spiro atoms. The van der Waals surface area contributed by atoms with Crippen molar-refractivity contribution in [2.75, 3.05) is 0 Å². The minimum atomic E-state index is -4.93. The maximum atomic E-state index is 13.6. The summed E-state index contributed by atoms with van der Waals surface area (Å²) < 4.78 is 92.1. The van der Waals surface area contributed by atoms with E-state index in [4.69, 9.17) is 9.47 Å². The molecular weight excluding hydrogens is 408 g/mol. The van der Waals surface area contributed by atoms with E-state index >= 15 is 0 Å². The van der Waals surface area contributed by atoms with Crippen LogP contribution < -0.4 is 16.2 Å². The monoisotopic (exact) mass is 435 g/mol. The van der Waals surface area contributed by atoms with Gasteiger partial charge < -0.3 is 14.6 Å². The summed E-state index contributed by atoms with van der Waals surface area (Å²) in [6.45, 7) is 1.65.